The van der Waals surface area contributed by atoms with E-state index in [0.717, 1.165) is 49.3 Å². The van der Waals surface area contributed by atoms with Gasteiger partial charge in [-0.05, 0) is 18.9 Å². The number of pyridine rings is 1. The standard InChI is InChI=1S/C18H26N4O2/c1-4-13(2)18(23)21-8-6-14(12-21)17-20-15-5-7-19-11-16(15)22(17)9-10-24-3/h5,7,11,13-14H,4,6,8-10,12H2,1-3H3/t13-,14+/m0/s1. The minimum absolute atomic E-state index is 0.0975. The number of rotatable bonds is 6. The minimum atomic E-state index is 0.0975. The summed E-state index contributed by atoms with van der Waals surface area (Å²) in [6.07, 6.45) is 5.48. The van der Waals surface area contributed by atoms with Gasteiger partial charge in [0, 0.05) is 44.8 Å². The molecule has 1 aliphatic heterocycles. The lowest BCUT2D eigenvalue weighted by Crippen LogP contribution is -2.33. The summed E-state index contributed by atoms with van der Waals surface area (Å²) in [5, 5.41) is 0. The van der Waals surface area contributed by atoms with Gasteiger partial charge in [-0.3, -0.25) is 9.78 Å². The number of imidazole rings is 1. The molecule has 0 radical (unpaired) electrons. The summed E-state index contributed by atoms with van der Waals surface area (Å²) in [5.74, 6) is 1.69. The minimum Gasteiger partial charge on any atom is -0.383 e. The number of methoxy groups -OCH3 is 1. The van der Waals surface area contributed by atoms with Crippen LogP contribution in [0.15, 0.2) is 18.5 Å². The van der Waals surface area contributed by atoms with Crippen LogP contribution in [0.1, 0.15) is 38.4 Å². The molecular weight excluding hydrogens is 304 g/mol. The number of ether oxygens (including phenoxy) is 1. The number of likely N-dealkylation sites (tertiary alicyclic amines) is 1. The molecule has 130 valence electrons. The molecule has 0 unspecified atom stereocenters. The maximum atomic E-state index is 12.5. The number of carbonyl (C=O) groups is 1. The quantitative estimate of drug-likeness (QED) is 0.816. The van der Waals surface area contributed by atoms with Crippen molar-refractivity contribution in [3.63, 3.8) is 0 Å². The highest BCUT2D eigenvalue weighted by Crippen LogP contribution is 2.30. The second-order valence-electron chi connectivity index (χ2n) is 6.56. The van der Waals surface area contributed by atoms with Crippen LogP contribution in [0, 0.1) is 5.92 Å². The molecule has 0 aromatic carbocycles. The Morgan fingerprint density at radius 3 is 3.08 bits per heavy atom. The first-order chi connectivity index (χ1) is 11.7. The summed E-state index contributed by atoms with van der Waals surface area (Å²) in [7, 11) is 1.71. The predicted molar refractivity (Wildman–Crippen MR) is 92.8 cm³/mol. The Hall–Kier alpha value is -1.95. The molecule has 0 aliphatic carbocycles. The van der Waals surface area contributed by atoms with E-state index in [-0.39, 0.29) is 17.7 Å². The molecule has 0 N–H and O–H groups in total. The Bertz CT molecular complexity index is 712. The molecular formula is C18H26N4O2. The first-order valence-corrected chi connectivity index (χ1v) is 8.73. The summed E-state index contributed by atoms with van der Waals surface area (Å²) in [4.78, 5) is 23.5. The van der Waals surface area contributed by atoms with Crippen molar-refractivity contribution in [1.82, 2.24) is 19.4 Å². The summed E-state index contributed by atoms with van der Waals surface area (Å²) in [5.41, 5.74) is 2.00. The van der Waals surface area contributed by atoms with Gasteiger partial charge in [-0.1, -0.05) is 13.8 Å². The molecule has 2 aromatic rings. The fraction of sp³-hybridized carbons (Fsp3) is 0.611. The average molecular weight is 330 g/mol. The van der Waals surface area contributed by atoms with E-state index < -0.39 is 0 Å². The highest BCUT2D eigenvalue weighted by molar-refractivity contribution is 5.79. The van der Waals surface area contributed by atoms with Crippen LogP contribution in [0.5, 0.6) is 0 Å². The monoisotopic (exact) mass is 330 g/mol. The molecule has 6 nitrogen and oxygen atoms in total. The van der Waals surface area contributed by atoms with Gasteiger partial charge >= 0.3 is 0 Å². The van der Waals surface area contributed by atoms with E-state index in [2.05, 4.69) is 16.5 Å². The highest BCUT2D eigenvalue weighted by Gasteiger charge is 2.32. The molecule has 2 atom stereocenters. The van der Waals surface area contributed by atoms with Gasteiger partial charge in [0.25, 0.3) is 0 Å². The lowest BCUT2D eigenvalue weighted by Gasteiger charge is -2.20. The van der Waals surface area contributed by atoms with Crippen LogP contribution in [0.2, 0.25) is 0 Å². The maximum Gasteiger partial charge on any atom is 0.225 e. The van der Waals surface area contributed by atoms with E-state index in [0.29, 0.717) is 6.61 Å². The van der Waals surface area contributed by atoms with Crippen molar-refractivity contribution in [3.8, 4) is 0 Å². The number of amides is 1. The maximum absolute atomic E-state index is 12.5. The van der Waals surface area contributed by atoms with Crippen LogP contribution in [0.3, 0.4) is 0 Å². The largest absolute Gasteiger partial charge is 0.383 e. The topological polar surface area (TPSA) is 60.2 Å². The zero-order valence-corrected chi connectivity index (χ0v) is 14.7. The SMILES string of the molecule is CC[C@H](C)C(=O)N1CC[C@@H](c2nc3ccncc3n2CCOC)C1. The van der Waals surface area contributed by atoms with E-state index in [1.807, 2.05) is 24.1 Å². The van der Waals surface area contributed by atoms with Gasteiger partial charge < -0.3 is 14.2 Å². The van der Waals surface area contributed by atoms with E-state index in [1.54, 1.807) is 13.3 Å². The molecule has 24 heavy (non-hydrogen) atoms. The molecule has 0 spiro atoms. The Balaban J connectivity index is 1.85. The third-order valence-corrected chi connectivity index (χ3v) is 5.00. The number of carbonyl (C=O) groups excluding carboxylic acids is 1. The van der Waals surface area contributed by atoms with Crippen LogP contribution in [-0.4, -0.2) is 52.1 Å². The molecule has 6 heteroatoms. The normalized spacial score (nSPS) is 19.1. The predicted octanol–water partition coefficient (Wildman–Crippen LogP) is 2.44. The number of hydrogen-bond donors (Lipinski definition) is 0. The van der Waals surface area contributed by atoms with Crippen LogP contribution in [0.4, 0.5) is 0 Å². The smallest absolute Gasteiger partial charge is 0.225 e. The Labute approximate surface area is 142 Å². The van der Waals surface area contributed by atoms with Crippen LogP contribution < -0.4 is 0 Å². The fourth-order valence-corrected chi connectivity index (χ4v) is 3.38. The summed E-state index contributed by atoms with van der Waals surface area (Å²) in [6, 6.07) is 1.94. The van der Waals surface area contributed by atoms with E-state index in [9.17, 15) is 4.79 Å². The molecule has 3 rings (SSSR count). The second kappa shape index (κ2) is 7.30. The van der Waals surface area contributed by atoms with Crippen molar-refractivity contribution >= 4 is 16.9 Å². The van der Waals surface area contributed by atoms with Crippen molar-refractivity contribution < 1.29 is 9.53 Å². The first-order valence-electron chi connectivity index (χ1n) is 8.73. The van der Waals surface area contributed by atoms with E-state index >= 15 is 0 Å². The number of aromatic nitrogens is 3. The van der Waals surface area contributed by atoms with Crippen molar-refractivity contribution in [1.29, 1.82) is 0 Å². The average Bonchev–Trinajstić information content (AvgIpc) is 3.23. The first kappa shape index (κ1) is 16.9. The van der Waals surface area contributed by atoms with Crippen LogP contribution in [0.25, 0.3) is 11.0 Å². The molecule has 1 saturated heterocycles. The summed E-state index contributed by atoms with van der Waals surface area (Å²) < 4.78 is 7.46. The number of hydrogen-bond acceptors (Lipinski definition) is 4. The Morgan fingerprint density at radius 2 is 2.33 bits per heavy atom. The Kier molecular flexibility index (Phi) is 5.14. The number of fused-ring (bicyclic) bond motifs is 1. The lowest BCUT2D eigenvalue weighted by molar-refractivity contribution is -0.134. The van der Waals surface area contributed by atoms with Gasteiger partial charge in [0.15, 0.2) is 0 Å². The second-order valence-corrected chi connectivity index (χ2v) is 6.56. The molecule has 1 amide bonds. The van der Waals surface area contributed by atoms with Crippen molar-refractivity contribution in [2.24, 2.45) is 5.92 Å². The summed E-state index contributed by atoms with van der Waals surface area (Å²) in [6.45, 7) is 7.04. The molecule has 1 fully saturated rings. The molecule has 0 bridgehead atoms. The van der Waals surface area contributed by atoms with Crippen LogP contribution >= 0.6 is 0 Å². The fourth-order valence-electron chi connectivity index (χ4n) is 3.38. The van der Waals surface area contributed by atoms with Gasteiger partial charge in [0.2, 0.25) is 5.91 Å². The third kappa shape index (κ3) is 3.15. The Morgan fingerprint density at radius 1 is 1.50 bits per heavy atom. The van der Waals surface area contributed by atoms with E-state index in [1.165, 1.54) is 0 Å². The van der Waals surface area contributed by atoms with Gasteiger partial charge in [-0.2, -0.15) is 0 Å². The van der Waals surface area contributed by atoms with Gasteiger partial charge in [0.05, 0.1) is 23.8 Å². The van der Waals surface area contributed by atoms with Gasteiger partial charge in [-0.15, -0.1) is 0 Å². The molecule has 1 aliphatic rings. The van der Waals surface area contributed by atoms with Gasteiger partial charge in [0.1, 0.15) is 5.82 Å². The highest BCUT2D eigenvalue weighted by atomic mass is 16.5. The number of nitrogens with zero attached hydrogens (tertiary/aromatic N) is 4. The summed E-state index contributed by atoms with van der Waals surface area (Å²) >= 11 is 0. The third-order valence-electron chi connectivity index (χ3n) is 5.00. The van der Waals surface area contributed by atoms with E-state index in [4.69, 9.17) is 9.72 Å². The molecule has 0 saturated carbocycles. The van der Waals surface area contributed by atoms with Crippen molar-refractivity contribution in [2.75, 3.05) is 26.8 Å². The zero-order chi connectivity index (χ0) is 17.1. The van der Waals surface area contributed by atoms with Crippen LogP contribution in [-0.2, 0) is 16.1 Å². The lowest BCUT2D eigenvalue weighted by atomic mass is 10.1. The van der Waals surface area contributed by atoms with Crippen molar-refractivity contribution in [3.05, 3.63) is 24.3 Å². The van der Waals surface area contributed by atoms with Gasteiger partial charge in [-0.25, -0.2) is 4.98 Å². The molecule has 2 aromatic heterocycles. The zero-order valence-electron chi connectivity index (χ0n) is 14.7. The molecule has 3 heterocycles. The van der Waals surface area contributed by atoms with Crippen molar-refractivity contribution in [2.45, 2.75) is 39.2 Å².